The first-order valence-electron chi connectivity index (χ1n) is 6.48. The van der Waals surface area contributed by atoms with Gasteiger partial charge in [-0.3, -0.25) is 0 Å². The normalized spacial score (nSPS) is 11.8. The quantitative estimate of drug-likeness (QED) is 0.800. The summed E-state index contributed by atoms with van der Waals surface area (Å²) in [5.41, 5.74) is 0.701. The molecule has 3 aromatic rings. The molecule has 0 spiro atoms. The number of aromatic nitrogens is 5. The minimum atomic E-state index is -4.30. The third kappa shape index (κ3) is 3.13. The molecule has 0 saturated heterocycles. The fourth-order valence-electron chi connectivity index (χ4n) is 1.94. The van der Waals surface area contributed by atoms with Gasteiger partial charge in [0.2, 0.25) is 0 Å². The van der Waals surface area contributed by atoms with Gasteiger partial charge >= 0.3 is 6.18 Å². The van der Waals surface area contributed by atoms with Crippen LogP contribution in [0.3, 0.4) is 0 Å². The van der Waals surface area contributed by atoms with Gasteiger partial charge in [-0.05, 0) is 46.7 Å². The zero-order chi connectivity index (χ0) is 15.6. The van der Waals surface area contributed by atoms with Gasteiger partial charge in [0.25, 0.3) is 0 Å². The van der Waals surface area contributed by atoms with Gasteiger partial charge in [-0.15, -0.1) is 14.8 Å². The predicted molar refractivity (Wildman–Crippen MR) is 72.2 cm³/mol. The molecule has 2 heterocycles. The summed E-state index contributed by atoms with van der Waals surface area (Å²) in [5, 5.41) is 18.1. The van der Waals surface area contributed by atoms with E-state index in [9.17, 15) is 13.2 Å². The summed E-state index contributed by atoms with van der Waals surface area (Å²) >= 11 is 0. The zero-order valence-corrected chi connectivity index (χ0v) is 11.2. The summed E-state index contributed by atoms with van der Waals surface area (Å²) in [7, 11) is 0. The first-order chi connectivity index (χ1) is 10.5. The molecule has 0 aliphatic rings. The number of alkyl halides is 3. The first kappa shape index (κ1) is 14.2. The lowest BCUT2D eigenvalue weighted by atomic mass is 10.1. The Morgan fingerprint density at radius 2 is 1.82 bits per heavy atom. The smallest absolute Gasteiger partial charge is 0.368 e. The average Bonchev–Trinajstić information content (AvgIpc) is 2.94. The summed E-state index contributed by atoms with van der Waals surface area (Å²) < 4.78 is 38.7. The molecule has 0 aliphatic heterocycles. The molecule has 1 N–H and O–H groups in total. The highest BCUT2D eigenvalue weighted by Crippen LogP contribution is 2.29. The lowest BCUT2D eigenvalue weighted by Crippen LogP contribution is -2.09. The highest BCUT2D eigenvalue weighted by Gasteiger charge is 2.29. The Kier molecular flexibility index (Phi) is 3.61. The van der Waals surface area contributed by atoms with Crippen molar-refractivity contribution in [2.75, 3.05) is 11.9 Å². The van der Waals surface area contributed by atoms with Crippen molar-refractivity contribution >= 4 is 11.5 Å². The van der Waals surface area contributed by atoms with E-state index in [1.54, 1.807) is 12.1 Å². The van der Waals surface area contributed by atoms with Crippen molar-refractivity contribution in [2.24, 2.45) is 0 Å². The van der Waals surface area contributed by atoms with Gasteiger partial charge in [0.1, 0.15) is 5.82 Å². The van der Waals surface area contributed by atoms with Crippen molar-refractivity contribution in [3.63, 3.8) is 0 Å². The Balaban J connectivity index is 1.58. The third-order valence-corrected chi connectivity index (χ3v) is 3.07. The van der Waals surface area contributed by atoms with Crippen LogP contribution in [0.1, 0.15) is 11.1 Å². The monoisotopic (exact) mass is 308 g/mol. The molecular weight excluding hydrogens is 297 g/mol. The molecule has 3 rings (SSSR count). The molecule has 0 radical (unpaired) electrons. The Hall–Kier alpha value is -2.71. The van der Waals surface area contributed by atoms with E-state index in [0.717, 1.165) is 17.7 Å². The van der Waals surface area contributed by atoms with Gasteiger partial charge in [-0.2, -0.15) is 13.2 Å². The number of hydrogen-bond acceptors (Lipinski definition) is 5. The van der Waals surface area contributed by atoms with Gasteiger partial charge in [0.15, 0.2) is 5.65 Å². The van der Waals surface area contributed by atoms with E-state index >= 15 is 0 Å². The molecule has 1 aromatic carbocycles. The van der Waals surface area contributed by atoms with Crippen molar-refractivity contribution in [1.82, 2.24) is 25.3 Å². The molecule has 0 aliphatic carbocycles. The van der Waals surface area contributed by atoms with Crippen molar-refractivity contribution in [3.8, 4) is 0 Å². The topological polar surface area (TPSA) is 68.0 Å². The van der Waals surface area contributed by atoms with Crippen LogP contribution in [0.2, 0.25) is 0 Å². The first-order valence-corrected chi connectivity index (χ1v) is 6.48. The lowest BCUT2D eigenvalue weighted by molar-refractivity contribution is -0.137. The van der Waals surface area contributed by atoms with Crippen molar-refractivity contribution in [3.05, 3.63) is 47.5 Å². The summed E-state index contributed by atoms with van der Waals surface area (Å²) in [4.78, 5) is 0. The summed E-state index contributed by atoms with van der Waals surface area (Å²) in [5.74, 6) is 0.590. The maximum Gasteiger partial charge on any atom is 0.416 e. The predicted octanol–water partition coefficient (Wildman–Crippen LogP) is 2.19. The zero-order valence-electron chi connectivity index (χ0n) is 11.2. The molecule has 0 fully saturated rings. The molecule has 2 aromatic heterocycles. The third-order valence-electron chi connectivity index (χ3n) is 3.07. The van der Waals surface area contributed by atoms with Gasteiger partial charge in [-0.1, -0.05) is 12.1 Å². The fraction of sp³-hybridized carbons (Fsp3) is 0.231. The summed E-state index contributed by atoms with van der Waals surface area (Å²) in [6.07, 6.45) is -3.73. The highest BCUT2D eigenvalue weighted by molar-refractivity contribution is 5.42. The van der Waals surface area contributed by atoms with Crippen molar-refractivity contribution < 1.29 is 13.2 Å². The van der Waals surface area contributed by atoms with Crippen molar-refractivity contribution in [1.29, 1.82) is 0 Å². The van der Waals surface area contributed by atoms with E-state index in [0.29, 0.717) is 24.4 Å². The lowest BCUT2D eigenvalue weighted by Gasteiger charge is -2.08. The van der Waals surface area contributed by atoms with E-state index in [4.69, 9.17) is 0 Å². The van der Waals surface area contributed by atoms with E-state index in [2.05, 4.69) is 25.9 Å². The number of nitrogens with zero attached hydrogens (tertiary/aromatic N) is 5. The molecule has 0 bridgehead atoms. The number of benzene rings is 1. The Morgan fingerprint density at radius 3 is 2.55 bits per heavy atom. The number of fused-ring (bicyclic) bond motifs is 1. The SMILES string of the molecule is FC(F)(F)c1ccc(CCNc2ccc3nnnn3n2)cc1. The van der Waals surface area contributed by atoms with Crippen LogP contribution < -0.4 is 5.32 Å². The van der Waals surface area contributed by atoms with E-state index in [1.165, 1.54) is 16.8 Å². The van der Waals surface area contributed by atoms with Gasteiger partial charge in [-0.25, -0.2) is 0 Å². The Bertz CT molecular complexity index is 765. The second-order valence-electron chi connectivity index (χ2n) is 4.62. The minimum absolute atomic E-state index is 0.534. The molecule has 0 saturated carbocycles. The van der Waals surface area contributed by atoms with Crippen LogP contribution in [0.5, 0.6) is 0 Å². The maximum absolute atomic E-state index is 12.5. The second kappa shape index (κ2) is 5.58. The fourth-order valence-corrected chi connectivity index (χ4v) is 1.94. The second-order valence-corrected chi connectivity index (χ2v) is 4.62. The van der Waals surface area contributed by atoms with Gasteiger partial charge in [0.05, 0.1) is 5.56 Å². The number of anilines is 1. The maximum atomic E-state index is 12.5. The number of rotatable bonds is 4. The standard InChI is InChI=1S/C13H11F3N6/c14-13(15,16)10-3-1-9(2-4-10)7-8-17-11-5-6-12-18-20-21-22(12)19-11/h1-6H,7-8H2,(H,17,19). The molecule has 22 heavy (non-hydrogen) atoms. The molecule has 0 amide bonds. The van der Waals surface area contributed by atoms with Crippen LogP contribution in [-0.4, -0.2) is 31.8 Å². The van der Waals surface area contributed by atoms with Gasteiger partial charge < -0.3 is 5.32 Å². The highest BCUT2D eigenvalue weighted by atomic mass is 19.4. The van der Waals surface area contributed by atoms with Crippen LogP contribution in [0.4, 0.5) is 19.0 Å². The summed E-state index contributed by atoms with van der Waals surface area (Å²) in [6.45, 7) is 0.534. The average molecular weight is 308 g/mol. The molecule has 6 nitrogen and oxygen atoms in total. The molecule has 9 heteroatoms. The molecular formula is C13H11F3N6. The number of tetrazole rings is 1. The van der Waals surface area contributed by atoms with Crippen LogP contribution >= 0.6 is 0 Å². The number of nitrogens with one attached hydrogen (secondary N) is 1. The molecule has 114 valence electrons. The van der Waals surface area contributed by atoms with E-state index in [-0.39, 0.29) is 0 Å². The molecule has 0 unspecified atom stereocenters. The van der Waals surface area contributed by atoms with Crippen molar-refractivity contribution in [2.45, 2.75) is 12.6 Å². The number of halogens is 3. The Morgan fingerprint density at radius 1 is 1.05 bits per heavy atom. The van der Waals surface area contributed by atoms with E-state index in [1.807, 2.05) is 0 Å². The van der Waals surface area contributed by atoms with E-state index < -0.39 is 11.7 Å². The minimum Gasteiger partial charge on any atom is -0.368 e. The number of hydrogen-bond donors (Lipinski definition) is 1. The largest absolute Gasteiger partial charge is 0.416 e. The van der Waals surface area contributed by atoms with Gasteiger partial charge in [0, 0.05) is 6.54 Å². The van der Waals surface area contributed by atoms with Crippen LogP contribution in [0.15, 0.2) is 36.4 Å². The summed E-state index contributed by atoms with van der Waals surface area (Å²) in [6, 6.07) is 8.57. The molecule has 0 atom stereocenters. The van der Waals surface area contributed by atoms with Crippen LogP contribution in [0, 0.1) is 0 Å². The van der Waals surface area contributed by atoms with Crippen LogP contribution in [0.25, 0.3) is 5.65 Å². The van der Waals surface area contributed by atoms with Crippen LogP contribution in [-0.2, 0) is 12.6 Å². The Labute approximate surface area is 123 Å².